The van der Waals surface area contributed by atoms with Crippen LogP contribution in [-0.2, 0) is 10.5 Å². The van der Waals surface area contributed by atoms with Gasteiger partial charge in [0.1, 0.15) is 5.75 Å². The Morgan fingerprint density at radius 2 is 1.72 bits per heavy atom. The molecule has 1 N–H and O–H groups in total. The Morgan fingerprint density at radius 1 is 0.966 bits per heavy atom. The summed E-state index contributed by atoms with van der Waals surface area (Å²) in [4.78, 5) is 13.9. The molecule has 1 amide bonds. The van der Waals surface area contributed by atoms with Crippen LogP contribution in [0.2, 0.25) is 0 Å². The second kappa shape index (κ2) is 9.66. The number of hydrogen-bond donors (Lipinski definition) is 1. The van der Waals surface area contributed by atoms with Gasteiger partial charge in [0.05, 0.1) is 0 Å². The molecule has 1 unspecified atom stereocenters. The van der Waals surface area contributed by atoms with Crippen molar-refractivity contribution in [3.05, 3.63) is 89.0 Å². The molecule has 0 aliphatic heterocycles. The number of ether oxygens (including phenoxy) is 1. The van der Waals surface area contributed by atoms with Gasteiger partial charge in [0, 0.05) is 16.3 Å². The molecule has 0 heterocycles. The summed E-state index contributed by atoms with van der Waals surface area (Å²) < 4.78 is 5.90. The number of rotatable bonds is 7. The highest BCUT2D eigenvalue weighted by Crippen LogP contribution is 2.25. The van der Waals surface area contributed by atoms with E-state index in [-0.39, 0.29) is 5.91 Å². The van der Waals surface area contributed by atoms with Crippen LogP contribution >= 0.6 is 11.8 Å². The van der Waals surface area contributed by atoms with E-state index in [1.807, 2.05) is 63.2 Å². The molecule has 0 fully saturated rings. The first-order valence-electron chi connectivity index (χ1n) is 9.74. The smallest absolute Gasteiger partial charge is 0.265 e. The van der Waals surface area contributed by atoms with Crippen molar-refractivity contribution < 1.29 is 9.53 Å². The van der Waals surface area contributed by atoms with E-state index < -0.39 is 6.10 Å². The van der Waals surface area contributed by atoms with Gasteiger partial charge in [-0.05, 0) is 74.2 Å². The molecule has 0 aliphatic rings. The fourth-order valence-electron chi connectivity index (χ4n) is 2.95. The summed E-state index contributed by atoms with van der Waals surface area (Å²) in [6.07, 6.45) is -0.580. The van der Waals surface area contributed by atoms with Crippen LogP contribution in [0.25, 0.3) is 0 Å². The molecule has 29 heavy (non-hydrogen) atoms. The number of aryl methyl sites for hydroxylation is 3. The zero-order valence-electron chi connectivity index (χ0n) is 17.4. The van der Waals surface area contributed by atoms with Gasteiger partial charge >= 0.3 is 0 Å². The van der Waals surface area contributed by atoms with E-state index in [1.54, 1.807) is 18.7 Å². The Hall–Kier alpha value is -2.72. The number of anilines is 1. The van der Waals surface area contributed by atoms with Crippen molar-refractivity contribution in [1.82, 2.24) is 0 Å². The second-order valence-electron chi connectivity index (χ2n) is 7.27. The fourth-order valence-corrected chi connectivity index (χ4v) is 3.81. The Bertz CT molecular complexity index is 985. The minimum Gasteiger partial charge on any atom is -0.481 e. The summed E-state index contributed by atoms with van der Waals surface area (Å²) in [7, 11) is 0. The third kappa shape index (κ3) is 5.88. The maximum absolute atomic E-state index is 12.6. The molecule has 3 aromatic carbocycles. The van der Waals surface area contributed by atoms with E-state index in [0.717, 1.165) is 33.9 Å². The topological polar surface area (TPSA) is 38.3 Å². The van der Waals surface area contributed by atoms with Gasteiger partial charge < -0.3 is 10.1 Å². The molecule has 0 spiro atoms. The molecule has 0 saturated heterocycles. The molecule has 150 valence electrons. The molecule has 0 bridgehead atoms. The van der Waals surface area contributed by atoms with E-state index in [0.29, 0.717) is 0 Å². The fraction of sp³-hybridized carbons (Fsp3) is 0.240. The van der Waals surface area contributed by atoms with Gasteiger partial charge in [-0.1, -0.05) is 42.5 Å². The molecular weight excluding hydrogens is 378 g/mol. The van der Waals surface area contributed by atoms with Gasteiger partial charge in [-0.15, -0.1) is 11.8 Å². The Balaban J connectivity index is 1.60. The number of carbonyl (C=O) groups excluding carboxylic acids is 1. The van der Waals surface area contributed by atoms with Crippen LogP contribution in [-0.4, -0.2) is 12.0 Å². The van der Waals surface area contributed by atoms with Crippen molar-refractivity contribution in [2.24, 2.45) is 0 Å². The number of nitrogens with one attached hydrogen (secondary N) is 1. The minimum absolute atomic E-state index is 0.152. The van der Waals surface area contributed by atoms with E-state index in [2.05, 4.69) is 29.6 Å². The molecule has 1 atom stereocenters. The number of hydrogen-bond acceptors (Lipinski definition) is 3. The van der Waals surface area contributed by atoms with Crippen LogP contribution in [0.1, 0.15) is 29.2 Å². The first-order valence-corrected chi connectivity index (χ1v) is 10.7. The lowest BCUT2D eigenvalue weighted by Crippen LogP contribution is -2.30. The van der Waals surface area contributed by atoms with Gasteiger partial charge in [-0.2, -0.15) is 0 Å². The minimum atomic E-state index is -0.580. The Kier molecular flexibility index (Phi) is 6.99. The lowest BCUT2D eigenvalue weighted by Gasteiger charge is -2.18. The summed E-state index contributed by atoms with van der Waals surface area (Å²) >= 11 is 1.80. The molecule has 0 aromatic heterocycles. The summed E-state index contributed by atoms with van der Waals surface area (Å²) in [6, 6.07) is 22.5. The second-order valence-corrected chi connectivity index (χ2v) is 8.32. The molecule has 0 saturated carbocycles. The predicted octanol–water partition coefficient (Wildman–Crippen LogP) is 6.31. The highest BCUT2D eigenvalue weighted by molar-refractivity contribution is 7.98. The van der Waals surface area contributed by atoms with Gasteiger partial charge in [0.2, 0.25) is 0 Å². The Labute approximate surface area is 177 Å². The van der Waals surface area contributed by atoms with Crippen LogP contribution in [0.4, 0.5) is 5.69 Å². The quantitative estimate of drug-likeness (QED) is 0.468. The monoisotopic (exact) mass is 405 g/mol. The van der Waals surface area contributed by atoms with Crippen LogP contribution in [0.5, 0.6) is 5.75 Å². The zero-order valence-corrected chi connectivity index (χ0v) is 18.2. The van der Waals surface area contributed by atoms with Crippen molar-refractivity contribution in [3.8, 4) is 5.75 Å². The molecule has 0 aliphatic carbocycles. The third-order valence-electron chi connectivity index (χ3n) is 4.71. The van der Waals surface area contributed by atoms with Gasteiger partial charge in [-0.3, -0.25) is 4.79 Å². The van der Waals surface area contributed by atoms with Crippen molar-refractivity contribution in [2.45, 2.75) is 44.4 Å². The molecule has 3 nitrogen and oxygen atoms in total. The summed E-state index contributed by atoms with van der Waals surface area (Å²) in [5.41, 5.74) is 5.22. The van der Waals surface area contributed by atoms with E-state index in [4.69, 9.17) is 4.74 Å². The van der Waals surface area contributed by atoms with Gasteiger partial charge in [0.15, 0.2) is 6.10 Å². The summed E-state index contributed by atoms with van der Waals surface area (Å²) in [6.45, 7) is 7.79. The number of carbonyl (C=O) groups is 1. The first kappa shape index (κ1) is 21.0. The number of thioether (sulfide) groups is 1. The number of benzene rings is 3. The SMILES string of the molecule is Cc1ccc(C)c(OC(C)C(=O)Nc2ccc(CSc3ccccc3)cc2C)c1. The highest BCUT2D eigenvalue weighted by Gasteiger charge is 2.17. The van der Waals surface area contributed by atoms with Crippen LogP contribution in [0.3, 0.4) is 0 Å². The highest BCUT2D eigenvalue weighted by atomic mass is 32.2. The van der Waals surface area contributed by atoms with E-state index in [9.17, 15) is 4.79 Å². The van der Waals surface area contributed by atoms with Crippen molar-refractivity contribution in [3.63, 3.8) is 0 Å². The standard InChI is InChI=1S/C25H27NO2S/c1-17-10-11-18(2)24(14-17)28-20(4)25(27)26-23-13-12-21(15-19(23)3)16-29-22-8-6-5-7-9-22/h5-15,20H,16H2,1-4H3,(H,26,27). The van der Waals surface area contributed by atoms with Gasteiger partial charge in [0.25, 0.3) is 5.91 Å². The number of amides is 1. The van der Waals surface area contributed by atoms with E-state index >= 15 is 0 Å². The molecule has 4 heteroatoms. The third-order valence-corrected chi connectivity index (χ3v) is 5.80. The lowest BCUT2D eigenvalue weighted by atomic mass is 10.1. The van der Waals surface area contributed by atoms with Gasteiger partial charge in [-0.25, -0.2) is 0 Å². The molecule has 3 rings (SSSR count). The van der Waals surface area contributed by atoms with Crippen LogP contribution in [0, 0.1) is 20.8 Å². The molecule has 3 aromatic rings. The maximum atomic E-state index is 12.6. The van der Waals surface area contributed by atoms with E-state index in [1.165, 1.54) is 10.5 Å². The summed E-state index contributed by atoms with van der Waals surface area (Å²) in [5, 5.41) is 2.99. The van der Waals surface area contributed by atoms with Crippen LogP contribution < -0.4 is 10.1 Å². The predicted molar refractivity (Wildman–Crippen MR) is 122 cm³/mol. The average Bonchev–Trinajstić information content (AvgIpc) is 2.71. The zero-order chi connectivity index (χ0) is 20.8. The lowest BCUT2D eigenvalue weighted by molar-refractivity contribution is -0.122. The van der Waals surface area contributed by atoms with Crippen molar-refractivity contribution >= 4 is 23.4 Å². The average molecular weight is 406 g/mol. The molecule has 0 radical (unpaired) electrons. The largest absolute Gasteiger partial charge is 0.481 e. The van der Waals surface area contributed by atoms with Crippen molar-refractivity contribution in [1.29, 1.82) is 0 Å². The maximum Gasteiger partial charge on any atom is 0.265 e. The normalized spacial score (nSPS) is 11.7. The Morgan fingerprint density at radius 3 is 2.45 bits per heavy atom. The first-order chi connectivity index (χ1) is 13.9. The molecular formula is C25H27NO2S. The van der Waals surface area contributed by atoms with Crippen molar-refractivity contribution in [2.75, 3.05) is 5.32 Å². The summed E-state index contributed by atoms with van der Waals surface area (Å²) in [5.74, 6) is 1.49. The van der Waals surface area contributed by atoms with Crippen LogP contribution in [0.15, 0.2) is 71.6 Å².